The summed E-state index contributed by atoms with van der Waals surface area (Å²) in [7, 11) is 0. The van der Waals surface area contributed by atoms with Crippen LogP contribution in [0.15, 0.2) is 27.1 Å². The van der Waals surface area contributed by atoms with E-state index in [1.165, 1.54) is 0 Å². The number of rotatable bonds is 2. The molecule has 1 amide bonds. The molecule has 0 aliphatic carbocycles. The molecular weight excluding hydrogens is 268 g/mol. The van der Waals surface area contributed by atoms with Gasteiger partial charge in [-0.2, -0.15) is 0 Å². The van der Waals surface area contributed by atoms with E-state index in [0.29, 0.717) is 17.2 Å². The molecule has 0 saturated carbocycles. The number of anilines is 1. The van der Waals surface area contributed by atoms with Crippen molar-refractivity contribution >= 4 is 22.8 Å². The Morgan fingerprint density at radius 1 is 1.14 bits per heavy atom. The Morgan fingerprint density at radius 2 is 1.90 bits per heavy atom. The Labute approximate surface area is 121 Å². The Kier molecular flexibility index (Phi) is 3.05. The summed E-state index contributed by atoms with van der Waals surface area (Å²) in [5.41, 5.74) is 4.21. The van der Waals surface area contributed by atoms with Crippen molar-refractivity contribution in [2.75, 3.05) is 5.32 Å². The number of hydrogen-bond donors (Lipinski definition) is 1. The van der Waals surface area contributed by atoms with Gasteiger partial charge in [0.2, 0.25) is 5.88 Å². The molecule has 0 aliphatic rings. The van der Waals surface area contributed by atoms with Crippen molar-refractivity contribution in [3.8, 4) is 0 Å². The standard InChI is InChI=1S/C16H16N2O3/c1-8-5-6-13-12(7-8)10(3)14(20-13)15(19)17-16-9(2)11(4)18-21-16/h5-7H,1-4H3,(H,17,19). The van der Waals surface area contributed by atoms with Gasteiger partial charge < -0.3 is 8.94 Å². The molecular formula is C16H16N2O3. The van der Waals surface area contributed by atoms with Crippen LogP contribution in [-0.4, -0.2) is 11.1 Å². The molecule has 21 heavy (non-hydrogen) atoms. The molecule has 108 valence electrons. The molecule has 0 aliphatic heterocycles. The minimum atomic E-state index is -0.333. The molecule has 1 aromatic carbocycles. The second-order valence-electron chi connectivity index (χ2n) is 5.23. The maximum atomic E-state index is 12.4. The van der Waals surface area contributed by atoms with E-state index in [1.807, 2.05) is 45.9 Å². The van der Waals surface area contributed by atoms with E-state index < -0.39 is 0 Å². The van der Waals surface area contributed by atoms with Crippen LogP contribution in [0.3, 0.4) is 0 Å². The number of carbonyl (C=O) groups excluding carboxylic acids is 1. The number of hydrogen-bond acceptors (Lipinski definition) is 4. The summed E-state index contributed by atoms with van der Waals surface area (Å²) in [5.74, 6) is 0.318. The van der Waals surface area contributed by atoms with Crippen molar-refractivity contribution in [2.24, 2.45) is 0 Å². The molecule has 0 spiro atoms. The topological polar surface area (TPSA) is 68.3 Å². The Morgan fingerprint density at radius 3 is 2.57 bits per heavy atom. The molecule has 0 atom stereocenters. The van der Waals surface area contributed by atoms with E-state index in [9.17, 15) is 4.79 Å². The van der Waals surface area contributed by atoms with Crippen molar-refractivity contribution in [1.29, 1.82) is 0 Å². The van der Waals surface area contributed by atoms with Crippen LogP contribution in [0.1, 0.15) is 32.9 Å². The molecule has 0 fully saturated rings. The fourth-order valence-corrected chi connectivity index (χ4v) is 2.24. The van der Waals surface area contributed by atoms with Crippen LogP contribution in [0.4, 0.5) is 5.88 Å². The lowest BCUT2D eigenvalue weighted by atomic mass is 10.1. The summed E-state index contributed by atoms with van der Waals surface area (Å²) in [4.78, 5) is 12.4. The van der Waals surface area contributed by atoms with Gasteiger partial charge in [0.15, 0.2) is 5.76 Å². The Bertz CT molecular complexity index is 843. The number of carbonyl (C=O) groups is 1. The van der Waals surface area contributed by atoms with E-state index in [4.69, 9.17) is 8.94 Å². The number of aryl methyl sites for hydroxylation is 3. The van der Waals surface area contributed by atoms with Crippen LogP contribution in [-0.2, 0) is 0 Å². The number of aromatic nitrogens is 1. The van der Waals surface area contributed by atoms with E-state index in [0.717, 1.165) is 27.8 Å². The molecule has 5 heteroatoms. The third-order valence-electron chi connectivity index (χ3n) is 3.68. The number of nitrogens with one attached hydrogen (secondary N) is 1. The van der Waals surface area contributed by atoms with Gasteiger partial charge in [0, 0.05) is 16.5 Å². The molecule has 0 radical (unpaired) electrons. The van der Waals surface area contributed by atoms with Gasteiger partial charge in [-0.05, 0) is 39.8 Å². The number of fused-ring (bicyclic) bond motifs is 1. The van der Waals surface area contributed by atoms with Crippen molar-refractivity contribution in [2.45, 2.75) is 27.7 Å². The second-order valence-corrected chi connectivity index (χ2v) is 5.23. The molecule has 0 unspecified atom stereocenters. The first-order valence-corrected chi connectivity index (χ1v) is 6.71. The van der Waals surface area contributed by atoms with E-state index in [1.54, 1.807) is 0 Å². The maximum Gasteiger partial charge on any atom is 0.294 e. The minimum absolute atomic E-state index is 0.295. The first-order valence-electron chi connectivity index (χ1n) is 6.71. The smallest absolute Gasteiger partial charge is 0.294 e. The molecule has 0 saturated heterocycles. The van der Waals surface area contributed by atoms with Crippen LogP contribution < -0.4 is 5.32 Å². The normalized spacial score (nSPS) is 11.0. The van der Waals surface area contributed by atoms with Gasteiger partial charge in [0.1, 0.15) is 5.58 Å². The van der Waals surface area contributed by atoms with Gasteiger partial charge in [0.25, 0.3) is 5.91 Å². The number of nitrogens with zero attached hydrogens (tertiary/aromatic N) is 1. The van der Waals surface area contributed by atoms with Gasteiger partial charge in [0.05, 0.1) is 5.69 Å². The van der Waals surface area contributed by atoms with Crippen molar-refractivity contribution in [3.63, 3.8) is 0 Å². The highest BCUT2D eigenvalue weighted by atomic mass is 16.5. The number of amides is 1. The van der Waals surface area contributed by atoms with Crippen molar-refractivity contribution < 1.29 is 13.7 Å². The third kappa shape index (κ3) is 2.20. The van der Waals surface area contributed by atoms with Crippen LogP contribution in [0.25, 0.3) is 11.0 Å². The monoisotopic (exact) mass is 284 g/mol. The predicted molar refractivity (Wildman–Crippen MR) is 79.6 cm³/mol. The van der Waals surface area contributed by atoms with Crippen molar-refractivity contribution in [1.82, 2.24) is 5.16 Å². The second kappa shape index (κ2) is 4.77. The first-order chi connectivity index (χ1) is 9.97. The Hall–Kier alpha value is -2.56. The molecule has 0 bridgehead atoms. The highest BCUT2D eigenvalue weighted by Crippen LogP contribution is 2.27. The van der Waals surface area contributed by atoms with Gasteiger partial charge in [-0.1, -0.05) is 16.8 Å². The average molecular weight is 284 g/mol. The van der Waals surface area contributed by atoms with Crippen LogP contribution >= 0.6 is 0 Å². The largest absolute Gasteiger partial charge is 0.451 e. The Balaban J connectivity index is 1.98. The number of furan rings is 1. The van der Waals surface area contributed by atoms with Gasteiger partial charge >= 0.3 is 0 Å². The predicted octanol–water partition coefficient (Wildman–Crippen LogP) is 3.91. The SMILES string of the molecule is Cc1ccc2oc(C(=O)Nc3onc(C)c3C)c(C)c2c1. The summed E-state index contributed by atoms with van der Waals surface area (Å²) in [6.07, 6.45) is 0. The molecule has 5 nitrogen and oxygen atoms in total. The minimum Gasteiger partial charge on any atom is -0.451 e. The summed E-state index contributed by atoms with van der Waals surface area (Å²) >= 11 is 0. The summed E-state index contributed by atoms with van der Waals surface area (Å²) in [6.45, 7) is 7.55. The highest BCUT2D eigenvalue weighted by molar-refractivity contribution is 6.06. The zero-order valence-corrected chi connectivity index (χ0v) is 12.4. The lowest BCUT2D eigenvalue weighted by molar-refractivity contribution is 0.0994. The fraction of sp³-hybridized carbons (Fsp3) is 0.250. The zero-order valence-electron chi connectivity index (χ0n) is 12.4. The third-order valence-corrected chi connectivity index (χ3v) is 3.68. The van der Waals surface area contributed by atoms with E-state index in [2.05, 4.69) is 10.5 Å². The quantitative estimate of drug-likeness (QED) is 0.774. The lowest BCUT2D eigenvalue weighted by Gasteiger charge is -2.00. The van der Waals surface area contributed by atoms with E-state index in [-0.39, 0.29) is 5.91 Å². The molecule has 3 rings (SSSR count). The first kappa shape index (κ1) is 13.4. The van der Waals surface area contributed by atoms with Crippen LogP contribution in [0.5, 0.6) is 0 Å². The van der Waals surface area contributed by atoms with Crippen molar-refractivity contribution in [3.05, 3.63) is 46.3 Å². The van der Waals surface area contributed by atoms with Gasteiger partial charge in [-0.25, -0.2) is 0 Å². The van der Waals surface area contributed by atoms with Gasteiger partial charge in [-0.15, -0.1) is 0 Å². The van der Waals surface area contributed by atoms with E-state index >= 15 is 0 Å². The van der Waals surface area contributed by atoms with Crippen LogP contribution in [0.2, 0.25) is 0 Å². The molecule has 2 aromatic heterocycles. The average Bonchev–Trinajstić information content (AvgIpc) is 2.94. The summed E-state index contributed by atoms with van der Waals surface area (Å²) in [5, 5.41) is 7.47. The summed E-state index contributed by atoms with van der Waals surface area (Å²) < 4.78 is 10.8. The molecule has 3 aromatic rings. The number of benzene rings is 1. The summed E-state index contributed by atoms with van der Waals surface area (Å²) in [6, 6.07) is 5.84. The fourth-order valence-electron chi connectivity index (χ4n) is 2.24. The zero-order chi connectivity index (χ0) is 15.1. The van der Waals surface area contributed by atoms with Crippen LogP contribution in [0, 0.1) is 27.7 Å². The highest BCUT2D eigenvalue weighted by Gasteiger charge is 2.20. The van der Waals surface area contributed by atoms with Gasteiger partial charge in [-0.3, -0.25) is 10.1 Å². The lowest BCUT2D eigenvalue weighted by Crippen LogP contribution is -2.12. The molecule has 2 heterocycles. The molecule has 1 N–H and O–H groups in total. The maximum absolute atomic E-state index is 12.4.